The van der Waals surface area contributed by atoms with Crippen LogP contribution < -0.4 is 0 Å². The first-order valence-electron chi connectivity index (χ1n) is 6.68. The zero-order chi connectivity index (χ0) is 12.5. The number of esters is 1. The average molecular weight is 245 g/mol. The summed E-state index contributed by atoms with van der Waals surface area (Å²) in [5.41, 5.74) is 0.656. The number of rotatable bonds is 2. The Morgan fingerprint density at radius 2 is 2.00 bits per heavy atom. The second kappa shape index (κ2) is 4.73. The lowest BCUT2D eigenvalue weighted by atomic mass is 9.88. The summed E-state index contributed by atoms with van der Waals surface area (Å²) in [6.45, 7) is 1.16. The maximum Gasteiger partial charge on any atom is 0.338 e. The summed E-state index contributed by atoms with van der Waals surface area (Å²) in [6, 6.07) is 9.88. The van der Waals surface area contributed by atoms with Crippen molar-refractivity contribution in [2.24, 2.45) is 5.92 Å². The molecule has 3 nitrogen and oxygen atoms in total. The Hall–Kier alpha value is -1.35. The molecular weight excluding hydrogens is 226 g/mol. The summed E-state index contributed by atoms with van der Waals surface area (Å²) in [5, 5.41) is 0. The van der Waals surface area contributed by atoms with E-state index in [1.807, 2.05) is 30.3 Å². The van der Waals surface area contributed by atoms with Gasteiger partial charge < -0.3 is 9.64 Å². The predicted molar refractivity (Wildman–Crippen MR) is 69.4 cm³/mol. The average Bonchev–Trinajstić information content (AvgIpc) is 2.64. The molecule has 1 aromatic rings. The molecule has 1 heterocycles. The lowest BCUT2D eigenvalue weighted by Crippen LogP contribution is -2.32. The molecule has 2 bridgehead atoms. The van der Waals surface area contributed by atoms with Crippen LogP contribution in [0.25, 0.3) is 0 Å². The number of nitrogens with zero attached hydrogens (tertiary/aromatic N) is 1. The summed E-state index contributed by atoms with van der Waals surface area (Å²) in [5.74, 6) is 0.534. The Balaban J connectivity index is 1.63. The van der Waals surface area contributed by atoms with Gasteiger partial charge in [0.25, 0.3) is 0 Å². The zero-order valence-electron chi connectivity index (χ0n) is 10.7. The lowest BCUT2D eigenvalue weighted by Gasteiger charge is -2.28. The number of fused-ring (bicyclic) bond motifs is 2. The van der Waals surface area contributed by atoms with E-state index in [4.69, 9.17) is 4.74 Å². The van der Waals surface area contributed by atoms with Crippen molar-refractivity contribution in [2.75, 3.05) is 13.6 Å². The van der Waals surface area contributed by atoms with Crippen molar-refractivity contribution in [3.63, 3.8) is 0 Å². The number of benzene rings is 1. The molecule has 0 spiro atoms. The third kappa shape index (κ3) is 2.27. The van der Waals surface area contributed by atoms with E-state index in [0.29, 0.717) is 17.5 Å². The van der Waals surface area contributed by atoms with Crippen LogP contribution in [0.4, 0.5) is 0 Å². The van der Waals surface area contributed by atoms with E-state index in [2.05, 4.69) is 11.9 Å². The molecule has 2 fully saturated rings. The van der Waals surface area contributed by atoms with Gasteiger partial charge in [-0.25, -0.2) is 4.79 Å². The molecule has 18 heavy (non-hydrogen) atoms. The van der Waals surface area contributed by atoms with Crippen molar-refractivity contribution in [1.29, 1.82) is 0 Å². The van der Waals surface area contributed by atoms with Gasteiger partial charge in [-0.05, 0) is 44.4 Å². The molecule has 3 heteroatoms. The Morgan fingerprint density at radius 3 is 2.72 bits per heavy atom. The Bertz CT molecular complexity index is 429. The molecule has 1 aliphatic heterocycles. The van der Waals surface area contributed by atoms with Crippen LogP contribution in [-0.4, -0.2) is 36.6 Å². The maximum absolute atomic E-state index is 12.0. The number of carbonyl (C=O) groups is 1. The van der Waals surface area contributed by atoms with Gasteiger partial charge in [0.1, 0.15) is 6.10 Å². The molecule has 0 unspecified atom stereocenters. The summed E-state index contributed by atoms with van der Waals surface area (Å²) in [6.07, 6.45) is 3.40. The topological polar surface area (TPSA) is 29.5 Å². The molecule has 0 N–H and O–H groups in total. The fraction of sp³-hybridized carbons (Fsp3) is 0.533. The third-order valence-electron chi connectivity index (χ3n) is 4.19. The molecule has 1 saturated heterocycles. The van der Waals surface area contributed by atoms with Crippen molar-refractivity contribution in [2.45, 2.75) is 31.4 Å². The number of likely N-dealkylation sites (tertiary alicyclic amines) is 1. The fourth-order valence-electron chi connectivity index (χ4n) is 3.30. The first kappa shape index (κ1) is 11.7. The van der Waals surface area contributed by atoms with E-state index in [9.17, 15) is 4.79 Å². The van der Waals surface area contributed by atoms with Crippen LogP contribution in [0.3, 0.4) is 0 Å². The second-order valence-corrected chi connectivity index (χ2v) is 5.56. The van der Waals surface area contributed by atoms with E-state index < -0.39 is 0 Å². The van der Waals surface area contributed by atoms with Gasteiger partial charge in [-0.3, -0.25) is 0 Å². The van der Waals surface area contributed by atoms with Gasteiger partial charge in [0.05, 0.1) is 5.56 Å². The van der Waals surface area contributed by atoms with E-state index in [0.717, 1.165) is 19.4 Å². The van der Waals surface area contributed by atoms with Gasteiger partial charge in [0, 0.05) is 12.6 Å². The van der Waals surface area contributed by atoms with E-state index in [1.54, 1.807) is 0 Å². The van der Waals surface area contributed by atoms with Gasteiger partial charge in [0.15, 0.2) is 0 Å². The van der Waals surface area contributed by atoms with Crippen LogP contribution >= 0.6 is 0 Å². The minimum absolute atomic E-state index is 0.103. The van der Waals surface area contributed by atoms with Crippen LogP contribution in [0.15, 0.2) is 30.3 Å². The molecule has 1 saturated carbocycles. The normalized spacial score (nSPS) is 31.3. The first-order chi connectivity index (χ1) is 8.72. The third-order valence-corrected chi connectivity index (χ3v) is 4.19. The van der Waals surface area contributed by atoms with Crippen LogP contribution in [-0.2, 0) is 4.74 Å². The predicted octanol–water partition coefficient (Wildman–Crippen LogP) is 2.33. The molecule has 2 aliphatic rings. The molecule has 3 atom stereocenters. The lowest BCUT2D eigenvalue weighted by molar-refractivity contribution is 0.0148. The molecule has 96 valence electrons. The molecule has 1 aromatic carbocycles. The minimum atomic E-state index is -0.176. The van der Waals surface area contributed by atoms with Crippen LogP contribution in [0.2, 0.25) is 0 Å². The summed E-state index contributed by atoms with van der Waals surface area (Å²) in [7, 11) is 2.17. The largest absolute Gasteiger partial charge is 0.459 e. The highest BCUT2D eigenvalue weighted by atomic mass is 16.5. The van der Waals surface area contributed by atoms with Crippen LogP contribution in [0, 0.1) is 5.92 Å². The Morgan fingerprint density at radius 1 is 1.22 bits per heavy atom. The number of hydrogen-bond donors (Lipinski definition) is 0. The standard InChI is InChI=1S/C15H19NO2/c1-16-10-11-7-13(16)9-14(8-11)18-15(17)12-5-3-2-4-6-12/h2-6,11,13-14H,7-10H2,1H3/t11-,13+,14+/m0/s1. The number of carbonyl (C=O) groups excluding carboxylic acids is 1. The molecule has 0 amide bonds. The molecular formula is C15H19NO2. The monoisotopic (exact) mass is 245 g/mol. The van der Waals surface area contributed by atoms with E-state index >= 15 is 0 Å². The first-order valence-corrected chi connectivity index (χ1v) is 6.68. The molecule has 0 radical (unpaired) electrons. The highest BCUT2D eigenvalue weighted by Gasteiger charge is 2.39. The van der Waals surface area contributed by atoms with Gasteiger partial charge >= 0.3 is 5.97 Å². The molecule has 0 aromatic heterocycles. The quantitative estimate of drug-likeness (QED) is 0.749. The fourth-order valence-corrected chi connectivity index (χ4v) is 3.30. The van der Waals surface area contributed by atoms with Gasteiger partial charge in [-0.1, -0.05) is 18.2 Å². The summed E-state index contributed by atoms with van der Waals surface area (Å²) < 4.78 is 5.64. The van der Waals surface area contributed by atoms with Crippen LogP contribution in [0.5, 0.6) is 0 Å². The minimum Gasteiger partial charge on any atom is -0.459 e. The second-order valence-electron chi connectivity index (χ2n) is 5.56. The van der Waals surface area contributed by atoms with Gasteiger partial charge in [-0.15, -0.1) is 0 Å². The number of ether oxygens (including phenoxy) is 1. The summed E-state index contributed by atoms with van der Waals surface area (Å²) >= 11 is 0. The highest BCUT2D eigenvalue weighted by Crippen LogP contribution is 2.36. The summed E-state index contributed by atoms with van der Waals surface area (Å²) in [4.78, 5) is 14.4. The van der Waals surface area contributed by atoms with Gasteiger partial charge in [0.2, 0.25) is 0 Å². The smallest absolute Gasteiger partial charge is 0.338 e. The molecule has 1 aliphatic carbocycles. The Labute approximate surface area is 108 Å². The van der Waals surface area contributed by atoms with Crippen molar-refractivity contribution < 1.29 is 9.53 Å². The van der Waals surface area contributed by atoms with Crippen LogP contribution in [0.1, 0.15) is 29.6 Å². The highest BCUT2D eigenvalue weighted by molar-refractivity contribution is 5.89. The number of hydrogen-bond acceptors (Lipinski definition) is 3. The van der Waals surface area contributed by atoms with E-state index in [1.165, 1.54) is 6.42 Å². The van der Waals surface area contributed by atoms with Crippen molar-refractivity contribution in [1.82, 2.24) is 4.90 Å². The SMILES string of the molecule is CN1C[C@@H]2C[C@@H](OC(=O)c3ccccc3)C[C@H]1C2. The van der Waals surface area contributed by atoms with E-state index in [-0.39, 0.29) is 12.1 Å². The van der Waals surface area contributed by atoms with Crippen molar-refractivity contribution in [3.05, 3.63) is 35.9 Å². The maximum atomic E-state index is 12.0. The molecule has 3 rings (SSSR count). The van der Waals surface area contributed by atoms with Crippen molar-refractivity contribution in [3.8, 4) is 0 Å². The Kier molecular flexibility index (Phi) is 3.08. The van der Waals surface area contributed by atoms with Gasteiger partial charge in [-0.2, -0.15) is 0 Å². The zero-order valence-corrected chi connectivity index (χ0v) is 10.7. The van der Waals surface area contributed by atoms with Crippen molar-refractivity contribution >= 4 is 5.97 Å².